The van der Waals surface area contributed by atoms with E-state index in [0.717, 1.165) is 16.9 Å². The molecule has 3 nitrogen and oxygen atoms in total. The Morgan fingerprint density at radius 1 is 1.58 bits per heavy atom. The molecule has 0 aliphatic heterocycles. The summed E-state index contributed by atoms with van der Waals surface area (Å²) in [6.07, 6.45) is -2.08. The van der Waals surface area contributed by atoms with E-state index in [0.29, 0.717) is 0 Å². The first kappa shape index (κ1) is 15.1. The molecule has 1 atom stereocenters. The largest absolute Gasteiger partial charge is 0.394 e. The normalized spacial score (nSPS) is 14.9. The molecule has 7 heteroatoms. The molecule has 0 aliphatic carbocycles. The molecule has 1 heterocycles. The van der Waals surface area contributed by atoms with Crippen molar-refractivity contribution < 1.29 is 17.6 Å². The van der Waals surface area contributed by atoms with E-state index in [4.69, 9.17) is 0 Å². The Bertz CT molecular complexity index is 485. The van der Waals surface area contributed by atoms with Gasteiger partial charge in [0.05, 0.1) is 12.1 Å². The molecule has 0 bridgehead atoms. The Morgan fingerprint density at radius 2 is 2.26 bits per heavy atom. The molecule has 0 saturated heterocycles. The standard InChI is InChI=1S/C12H13F4N3/c1-3-9(4-6-17-2)11(13)19-7-5-10(18-19)8-12(14,15)16/h3-7,11H,1,8H2,2H3/b9-4+,17-6?. The van der Waals surface area contributed by atoms with E-state index in [1.165, 1.54) is 25.4 Å². The molecule has 0 aromatic carbocycles. The fourth-order valence-electron chi connectivity index (χ4n) is 1.36. The van der Waals surface area contributed by atoms with Gasteiger partial charge in [0.2, 0.25) is 6.30 Å². The lowest BCUT2D eigenvalue weighted by molar-refractivity contribution is -0.127. The van der Waals surface area contributed by atoms with Gasteiger partial charge < -0.3 is 0 Å². The summed E-state index contributed by atoms with van der Waals surface area (Å²) in [5.74, 6) is 0. The quantitative estimate of drug-likeness (QED) is 0.461. The molecule has 1 aromatic rings. The molecule has 1 aromatic heterocycles. The molecule has 104 valence electrons. The van der Waals surface area contributed by atoms with Crippen LogP contribution in [0.15, 0.2) is 41.6 Å². The van der Waals surface area contributed by atoms with Crippen molar-refractivity contribution in [3.8, 4) is 0 Å². The van der Waals surface area contributed by atoms with Crippen LogP contribution >= 0.6 is 0 Å². The number of allylic oxidation sites excluding steroid dienone is 3. The maximum absolute atomic E-state index is 14.0. The molecule has 0 saturated carbocycles. The highest BCUT2D eigenvalue weighted by Gasteiger charge is 2.29. The van der Waals surface area contributed by atoms with E-state index in [2.05, 4.69) is 16.7 Å². The van der Waals surface area contributed by atoms with Gasteiger partial charge in [0, 0.05) is 25.0 Å². The SMILES string of the molecule is C=C/C(=C\C=NC)C(F)n1ccc(CC(F)(F)F)n1. The first-order valence-corrected chi connectivity index (χ1v) is 5.37. The second kappa shape index (κ2) is 6.31. The Morgan fingerprint density at radius 3 is 2.79 bits per heavy atom. The van der Waals surface area contributed by atoms with Crippen LogP contribution in [0, 0.1) is 0 Å². The molecule has 1 rings (SSSR count). The zero-order valence-corrected chi connectivity index (χ0v) is 10.2. The van der Waals surface area contributed by atoms with Crippen LogP contribution in [0.3, 0.4) is 0 Å². The molecular weight excluding hydrogens is 262 g/mol. The lowest BCUT2D eigenvalue weighted by Crippen LogP contribution is -2.13. The van der Waals surface area contributed by atoms with Crippen molar-refractivity contribution in [3.05, 3.63) is 42.3 Å². The second-order valence-electron chi connectivity index (χ2n) is 3.69. The third-order valence-electron chi connectivity index (χ3n) is 2.20. The van der Waals surface area contributed by atoms with Gasteiger partial charge in [-0.3, -0.25) is 4.99 Å². The lowest BCUT2D eigenvalue weighted by atomic mass is 10.2. The zero-order chi connectivity index (χ0) is 14.5. The van der Waals surface area contributed by atoms with Crippen LogP contribution in [0.4, 0.5) is 17.6 Å². The van der Waals surface area contributed by atoms with Crippen LogP contribution in [0.1, 0.15) is 12.0 Å². The fourth-order valence-corrected chi connectivity index (χ4v) is 1.36. The van der Waals surface area contributed by atoms with Crippen molar-refractivity contribution in [3.63, 3.8) is 0 Å². The maximum Gasteiger partial charge on any atom is 0.394 e. The summed E-state index contributed by atoms with van der Waals surface area (Å²) >= 11 is 0. The predicted molar refractivity (Wildman–Crippen MR) is 64.8 cm³/mol. The lowest BCUT2D eigenvalue weighted by Gasteiger charge is -2.09. The molecule has 0 radical (unpaired) electrons. The van der Waals surface area contributed by atoms with E-state index < -0.39 is 18.9 Å². The van der Waals surface area contributed by atoms with Crippen LogP contribution in [0.5, 0.6) is 0 Å². The highest BCUT2D eigenvalue weighted by Crippen LogP contribution is 2.23. The minimum Gasteiger partial charge on any atom is -0.296 e. The third kappa shape index (κ3) is 4.69. The Hall–Kier alpha value is -1.92. The summed E-state index contributed by atoms with van der Waals surface area (Å²) in [6, 6.07) is 1.13. The second-order valence-corrected chi connectivity index (χ2v) is 3.69. The number of rotatable bonds is 5. The van der Waals surface area contributed by atoms with Gasteiger partial charge in [-0.1, -0.05) is 12.7 Å². The number of aliphatic imine (C=N–C) groups is 1. The number of hydrogen-bond acceptors (Lipinski definition) is 2. The molecule has 0 aliphatic rings. The summed E-state index contributed by atoms with van der Waals surface area (Å²) < 4.78 is 51.3. The van der Waals surface area contributed by atoms with Crippen molar-refractivity contribution in [1.29, 1.82) is 0 Å². The minimum atomic E-state index is -4.36. The molecule has 1 unspecified atom stereocenters. The van der Waals surface area contributed by atoms with Gasteiger partial charge in [0.25, 0.3) is 0 Å². The predicted octanol–water partition coefficient (Wildman–Crippen LogP) is 3.27. The van der Waals surface area contributed by atoms with Gasteiger partial charge in [-0.25, -0.2) is 9.07 Å². The highest BCUT2D eigenvalue weighted by atomic mass is 19.4. The summed E-state index contributed by atoms with van der Waals surface area (Å²) in [7, 11) is 1.51. The van der Waals surface area contributed by atoms with Gasteiger partial charge in [-0.15, -0.1) is 0 Å². The summed E-state index contributed by atoms with van der Waals surface area (Å²) in [4.78, 5) is 3.66. The average molecular weight is 275 g/mol. The van der Waals surface area contributed by atoms with Crippen LogP contribution in [0.2, 0.25) is 0 Å². The van der Waals surface area contributed by atoms with Crippen molar-refractivity contribution >= 4 is 6.21 Å². The number of aromatic nitrogens is 2. The van der Waals surface area contributed by atoms with Crippen LogP contribution in [-0.2, 0) is 6.42 Å². The van der Waals surface area contributed by atoms with Crippen LogP contribution in [0.25, 0.3) is 0 Å². The van der Waals surface area contributed by atoms with E-state index in [1.807, 2.05) is 0 Å². The van der Waals surface area contributed by atoms with Crippen molar-refractivity contribution in [2.45, 2.75) is 18.9 Å². The minimum absolute atomic E-state index is 0.159. The van der Waals surface area contributed by atoms with E-state index >= 15 is 0 Å². The summed E-state index contributed by atoms with van der Waals surface area (Å²) in [5.41, 5.74) is -0.0741. The molecule has 19 heavy (non-hydrogen) atoms. The first-order valence-electron chi connectivity index (χ1n) is 5.37. The van der Waals surface area contributed by atoms with E-state index in [-0.39, 0.29) is 11.3 Å². The molecular formula is C12H13F4N3. The summed E-state index contributed by atoms with van der Waals surface area (Å²) in [5, 5.41) is 3.56. The number of nitrogens with zero attached hydrogens (tertiary/aromatic N) is 3. The van der Waals surface area contributed by atoms with Crippen molar-refractivity contribution in [2.75, 3.05) is 7.05 Å². The molecule has 0 fully saturated rings. The van der Waals surface area contributed by atoms with E-state index in [9.17, 15) is 17.6 Å². The smallest absolute Gasteiger partial charge is 0.296 e. The van der Waals surface area contributed by atoms with Gasteiger partial charge in [-0.2, -0.15) is 18.3 Å². The van der Waals surface area contributed by atoms with Gasteiger partial charge in [-0.05, 0) is 12.1 Å². The third-order valence-corrected chi connectivity index (χ3v) is 2.20. The number of alkyl halides is 4. The summed E-state index contributed by atoms with van der Waals surface area (Å²) in [6.45, 7) is 3.44. The Kier molecular flexibility index (Phi) is 5.02. The van der Waals surface area contributed by atoms with Gasteiger partial charge in [0.1, 0.15) is 0 Å². The van der Waals surface area contributed by atoms with Crippen LogP contribution in [-0.4, -0.2) is 29.2 Å². The Labute approximate surface area is 108 Å². The number of halogens is 4. The van der Waals surface area contributed by atoms with E-state index in [1.54, 1.807) is 0 Å². The van der Waals surface area contributed by atoms with Gasteiger partial charge in [0.15, 0.2) is 0 Å². The molecule has 0 N–H and O–H groups in total. The average Bonchev–Trinajstić information content (AvgIpc) is 2.75. The highest BCUT2D eigenvalue weighted by molar-refractivity contribution is 5.72. The van der Waals surface area contributed by atoms with Crippen molar-refractivity contribution in [1.82, 2.24) is 9.78 Å². The van der Waals surface area contributed by atoms with Crippen molar-refractivity contribution in [2.24, 2.45) is 4.99 Å². The molecule has 0 spiro atoms. The fraction of sp³-hybridized carbons (Fsp3) is 0.333. The monoisotopic (exact) mass is 275 g/mol. The maximum atomic E-state index is 14.0. The Balaban J connectivity index is 2.88. The first-order chi connectivity index (χ1) is 8.87. The molecule has 0 amide bonds. The van der Waals surface area contributed by atoms with Crippen LogP contribution < -0.4 is 0 Å². The van der Waals surface area contributed by atoms with Gasteiger partial charge >= 0.3 is 6.18 Å². The number of hydrogen-bond donors (Lipinski definition) is 0. The zero-order valence-electron chi connectivity index (χ0n) is 10.2. The topological polar surface area (TPSA) is 30.2 Å².